The van der Waals surface area contributed by atoms with Crippen LogP contribution in [0.2, 0.25) is 0 Å². The average molecular weight is 483 g/mol. The fourth-order valence-corrected chi connectivity index (χ4v) is 3.92. The van der Waals surface area contributed by atoms with Gasteiger partial charge >= 0.3 is 0 Å². The summed E-state index contributed by atoms with van der Waals surface area (Å²) in [6.07, 6.45) is -4.62. The summed E-state index contributed by atoms with van der Waals surface area (Å²) in [6, 6.07) is 9.44. The van der Waals surface area contributed by atoms with E-state index in [1.54, 1.807) is 30.3 Å². The van der Waals surface area contributed by atoms with Crippen LogP contribution in [-0.4, -0.2) is 95.7 Å². The Hall–Kier alpha value is -2.60. The van der Waals surface area contributed by atoms with Gasteiger partial charge in [0.2, 0.25) is 0 Å². The normalized spacial score (nSPS) is 16.6. The van der Waals surface area contributed by atoms with Gasteiger partial charge in [-0.1, -0.05) is 12.1 Å². The lowest BCUT2D eigenvalue weighted by molar-refractivity contribution is -0.223. The van der Waals surface area contributed by atoms with Crippen molar-refractivity contribution in [1.29, 1.82) is 0 Å². The summed E-state index contributed by atoms with van der Waals surface area (Å²) in [5.41, 5.74) is -3.86. The molecule has 0 fully saturated rings. The third kappa shape index (κ3) is 5.72. The molecule has 2 rings (SSSR count). The Morgan fingerprint density at radius 3 is 1.53 bits per heavy atom. The third-order valence-corrected chi connectivity index (χ3v) is 5.90. The van der Waals surface area contributed by atoms with Crippen LogP contribution in [0.3, 0.4) is 0 Å². The Bertz CT molecular complexity index is 936. The van der Waals surface area contributed by atoms with Gasteiger partial charge in [-0.15, -0.1) is 0 Å². The SMILES string of the molecule is COc1ccc(C[C@](O)(CO)[C@@H](O)[C@@](O)(Cc2ccc(OC)c(OC)c2)[C@H](O)CO)cc1OC. The molecule has 0 radical (unpaired) electrons. The van der Waals surface area contributed by atoms with Crippen molar-refractivity contribution in [2.75, 3.05) is 41.7 Å². The molecule has 0 heterocycles. The number of hydrogen-bond donors (Lipinski definition) is 6. The average Bonchev–Trinajstić information content (AvgIpc) is 2.87. The highest BCUT2D eigenvalue weighted by molar-refractivity contribution is 5.44. The van der Waals surface area contributed by atoms with Crippen LogP contribution in [0.1, 0.15) is 11.1 Å². The molecule has 10 nitrogen and oxygen atoms in total. The number of benzene rings is 2. The van der Waals surface area contributed by atoms with Gasteiger partial charge in [0, 0.05) is 12.8 Å². The van der Waals surface area contributed by atoms with Crippen LogP contribution >= 0.6 is 0 Å². The molecule has 10 heteroatoms. The molecule has 0 bridgehead atoms. The predicted octanol–water partition coefficient (Wildman–Crippen LogP) is -0.325. The molecule has 0 saturated carbocycles. The van der Waals surface area contributed by atoms with Crippen molar-refractivity contribution < 1.29 is 49.6 Å². The van der Waals surface area contributed by atoms with Gasteiger partial charge < -0.3 is 49.6 Å². The van der Waals surface area contributed by atoms with E-state index < -0.39 is 36.6 Å². The number of hydrogen-bond acceptors (Lipinski definition) is 10. The second-order valence-electron chi connectivity index (χ2n) is 8.09. The zero-order valence-corrected chi connectivity index (χ0v) is 19.8. The summed E-state index contributed by atoms with van der Waals surface area (Å²) in [5.74, 6) is 1.59. The van der Waals surface area contributed by atoms with E-state index in [1.165, 1.54) is 34.5 Å². The molecule has 2 aromatic rings. The zero-order chi connectivity index (χ0) is 25.5. The fraction of sp³-hybridized carbons (Fsp3) is 0.500. The lowest BCUT2D eigenvalue weighted by Crippen LogP contribution is -2.65. The van der Waals surface area contributed by atoms with Gasteiger partial charge in [-0.2, -0.15) is 0 Å². The summed E-state index contributed by atoms with van der Waals surface area (Å²) in [7, 11) is 5.80. The number of methoxy groups -OCH3 is 4. The van der Waals surface area contributed by atoms with E-state index in [0.29, 0.717) is 34.1 Å². The van der Waals surface area contributed by atoms with Crippen molar-refractivity contribution >= 4 is 0 Å². The van der Waals surface area contributed by atoms with E-state index in [4.69, 9.17) is 18.9 Å². The highest BCUT2D eigenvalue weighted by atomic mass is 16.5. The van der Waals surface area contributed by atoms with Crippen LogP contribution in [0.4, 0.5) is 0 Å². The van der Waals surface area contributed by atoms with Crippen LogP contribution < -0.4 is 18.9 Å². The van der Waals surface area contributed by atoms with Crippen molar-refractivity contribution in [3.8, 4) is 23.0 Å². The van der Waals surface area contributed by atoms with E-state index in [9.17, 15) is 30.6 Å². The first kappa shape index (κ1) is 27.6. The maximum absolute atomic E-state index is 11.4. The number of aliphatic hydroxyl groups excluding tert-OH is 4. The molecule has 2 aromatic carbocycles. The molecule has 0 aliphatic rings. The standard InChI is InChI=1S/C24H34O10/c1-31-17-7-5-15(9-19(17)33-3)11-23(29,14-26)22(28)24(30,21(27)13-25)12-16-6-8-18(32-2)20(10-16)34-4/h5-10,21-22,25-30H,11-14H2,1-4H3/t21-,22-,23+,24-/m1/s1. The highest BCUT2D eigenvalue weighted by Crippen LogP contribution is 2.35. The van der Waals surface area contributed by atoms with E-state index in [1.807, 2.05) is 0 Å². The molecule has 0 aliphatic carbocycles. The van der Waals surface area contributed by atoms with Gasteiger partial charge in [0.05, 0.1) is 41.7 Å². The van der Waals surface area contributed by atoms with Gasteiger partial charge in [-0.05, 0) is 35.4 Å². The lowest BCUT2D eigenvalue weighted by atomic mass is 9.74. The summed E-state index contributed by atoms with van der Waals surface area (Å²) < 4.78 is 20.9. The molecule has 4 atom stereocenters. The van der Waals surface area contributed by atoms with Gasteiger partial charge in [0.25, 0.3) is 0 Å². The minimum absolute atomic E-state index is 0.308. The minimum atomic E-state index is -2.44. The Morgan fingerprint density at radius 2 is 1.15 bits per heavy atom. The topological polar surface area (TPSA) is 158 Å². The van der Waals surface area contributed by atoms with Gasteiger partial charge in [-0.25, -0.2) is 0 Å². The van der Waals surface area contributed by atoms with Gasteiger partial charge in [0.15, 0.2) is 23.0 Å². The van der Waals surface area contributed by atoms with Crippen molar-refractivity contribution in [2.24, 2.45) is 0 Å². The maximum Gasteiger partial charge on any atom is 0.160 e. The zero-order valence-electron chi connectivity index (χ0n) is 19.8. The number of rotatable bonds is 13. The van der Waals surface area contributed by atoms with Crippen LogP contribution in [0.25, 0.3) is 0 Å². The van der Waals surface area contributed by atoms with Gasteiger partial charge in [0.1, 0.15) is 23.4 Å². The molecule has 6 N–H and O–H groups in total. The second-order valence-corrected chi connectivity index (χ2v) is 8.09. The highest BCUT2D eigenvalue weighted by Gasteiger charge is 2.52. The molecule has 190 valence electrons. The van der Waals surface area contributed by atoms with Crippen molar-refractivity contribution in [2.45, 2.75) is 36.3 Å². The molecule has 0 aromatic heterocycles. The van der Waals surface area contributed by atoms with E-state index in [0.717, 1.165) is 0 Å². The maximum atomic E-state index is 11.4. The van der Waals surface area contributed by atoms with Crippen molar-refractivity contribution in [1.82, 2.24) is 0 Å². The quantitative estimate of drug-likeness (QED) is 0.223. The van der Waals surface area contributed by atoms with E-state index in [-0.39, 0.29) is 12.8 Å². The third-order valence-electron chi connectivity index (χ3n) is 5.90. The molecular formula is C24H34O10. The largest absolute Gasteiger partial charge is 0.493 e. The fourth-order valence-electron chi connectivity index (χ4n) is 3.92. The van der Waals surface area contributed by atoms with E-state index >= 15 is 0 Å². The molecule has 0 unspecified atom stereocenters. The Kier molecular flexibility index (Phi) is 9.51. The molecule has 0 saturated heterocycles. The van der Waals surface area contributed by atoms with Crippen molar-refractivity contribution in [3.63, 3.8) is 0 Å². The first-order valence-corrected chi connectivity index (χ1v) is 10.6. The van der Waals surface area contributed by atoms with Crippen molar-refractivity contribution in [3.05, 3.63) is 47.5 Å². The summed E-state index contributed by atoms with van der Waals surface area (Å²) in [4.78, 5) is 0. The summed E-state index contributed by atoms with van der Waals surface area (Å²) >= 11 is 0. The first-order chi connectivity index (χ1) is 16.1. The molecular weight excluding hydrogens is 448 g/mol. The molecule has 0 amide bonds. The van der Waals surface area contributed by atoms with Gasteiger partial charge in [-0.3, -0.25) is 0 Å². The minimum Gasteiger partial charge on any atom is -0.493 e. The Balaban J connectivity index is 2.44. The molecule has 0 aliphatic heterocycles. The summed E-state index contributed by atoms with van der Waals surface area (Å²) in [6.45, 7) is -1.85. The second kappa shape index (κ2) is 11.7. The van der Waals surface area contributed by atoms with Crippen LogP contribution in [0, 0.1) is 0 Å². The summed E-state index contributed by atoms with van der Waals surface area (Å²) in [5, 5.41) is 63.8. The lowest BCUT2D eigenvalue weighted by Gasteiger charge is -2.44. The Labute approximate surface area is 198 Å². The predicted molar refractivity (Wildman–Crippen MR) is 123 cm³/mol. The number of ether oxygens (including phenoxy) is 4. The monoisotopic (exact) mass is 482 g/mol. The van der Waals surface area contributed by atoms with E-state index in [2.05, 4.69) is 0 Å². The van der Waals surface area contributed by atoms with Crippen LogP contribution in [0.5, 0.6) is 23.0 Å². The van der Waals surface area contributed by atoms with Crippen LogP contribution in [-0.2, 0) is 12.8 Å². The van der Waals surface area contributed by atoms with Crippen LogP contribution in [0.15, 0.2) is 36.4 Å². The Morgan fingerprint density at radius 1 is 0.706 bits per heavy atom. The number of aliphatic hydroxyl groups is 6. The molecule has 0 spiro atoms. The first-order valence-electron chi connectivity index (χ1n) is 10.6. The smallest absolute Gasteiger partial charge is 0.160 e. The molecule has 34 heavy (non-hydrogen) atoms.